The van der Waals surface area contributed by atoms with Crippen LogP contribution in [0.2, 0.25) is 0 Å². The molecule has 1 aliphatic carbocycles. The van der Waals surface area contributed by atoms with Crippen molar-refractivity contribution in [3.05, 3.63) is 33.8 Å². The van der Waals surface area contributed by atoms with Gasteiger partial charge in [0.25, 0.3) is 0 Å². The summed E-state index contributed by atoms with van der Waals surface area (Å²) < 4.78 is 2.00. The van der Waals surface area contributed by atoms with Gasteiger partial charge in [-0.05, 0) is 30.9 Å². The van der Waals surface area contributed by atoms with Crippen molar-refractivity contribution >= 4 is 17.3 Å². The molecule has 0 fully saturated rings. The summed E-state index contributed by atoms with van der Waals surface area (Å²) in [6.45, 7) is 0.891. The SMILES string of the molecule is Cn1ccnc1NCc1cc2c(s1)CCC2. The van der Waals surface area contributed by atoms with Crippen LogP contribution in [-0.2, 0) is 26.4 Å². The van der Waals surface area contributed by atoms with E-state index in [-0.39, 0.29) is 0 Å². The highest BCUT2D eigenvalue weighted by Crippen LogP contribution is 2.30. The number of aryl methyl sites for hydroxylation is 3. The molecule has 0 saturated heterocycles. The first-order valence-electron chi connectivity index (χ1n) is 5.64. The van der Waals surface area contributed by atoms with Crippen molar-refractivity contribution in [2.45, 2.75) is 25.8 Å². The lowest BCUT2D eigenvalue weighted by molar-refractivity contribution is 0.899. The second-order valence-corrected chi connectivity index (χ2v) is 5.45. The summed E-state index contributed by atoms with van der Waals surface area (Å²) in [4.78, 5) is 7.27. The van der Waals surface area contributed by atoms with Crippen LogP contribution in [0.1, 0.15) is 21.7 Å². The maximum absolute atomic E-state index is 4.25. The van der Waals surface area contributed by atoms with Crippen LogP contribution in [0.15, 0.2) is 18.5 Å². The molecular formula is C12H15N3S. The Balaban J connectivity index is 1.69. The fourth-order valence-corrected chi connectivity index (χ4v) is 3.38. The highest BCUT2D eigenvalue weighted by Gasteiger charge is 2.14. The van der Waals surface area contributed by atoms with Gasteiger partial charge >= 0.3 is 0 Å². The smallest absolute Gasteiger partial charge is 0.202 e. The lowest BCUT2D eigenvalue weighted by Crippen LogP contribution is -2.03. The molecule has 1 N–H and O–H groups in total. The van der Waals surface area contributed by atoms with E-state index < -0.39 is 0 Å². The van der Waals surface area contributed by atoms with Crippen molar-refractivity contribution in [3.8, 4) is 0 Å². The maximum atomic E-state index is 4.25. The molecule has 16 heavy (non-hydrogen) atoms. The molecule has 0 atom stereocenters. The molecular weight excluding hydrogens is 218 g/mol. The van der Waals surface area contributed by atoms with Gasteiger partial charge in [-0.25, -0.2) is 4.98 Å². The first kappa shape index (κ1) is 9.90. The van der Waals surface area contributed by atoms with Crippen molar-refractivity contribution in [2.75, 3.05) is 5.32 Å². The largest absolute Gasteiger partial charge is 0.351 e. The maximum Gasteiger partial charge on any atom is 0.202 e. The van der Waals surface area contributed by atoms with E-state index >= 15 is 0 Å². The molecule has 0 aliphatic heterocycles. The molecule has 0 radical (unpaired) electrons. The Kier molecular flexibility index (Phi) is 2.44. The molecule has 84 valence electrons. The lowest BCUT2D eigenvalue weighted by atomic mass is 10.2. The van der Waals surface area contributed by atoms with E-state index in [0.29, 0.717) is 0 Å². The third-order valence-corrected chi connectivity index (χ3v) is 4.28. The highest BCUT2D eigenvalue weighted by atomic mass is 32.1. The monoisotopic (exact) mass is 233 g/mol. The van der Waals surface area contributed by atoms with Crippen LogP contribution >= 0.6 is 11.3 Å². The molecule has 4 heteroatoms. The third kappa shape index (κ3) is 1.73. The zero-order valence-corrected chi connectivity index (χ0v) is 10.2. The van der Waals surface area contributed by atoms with Crippen LogP contribution in [0.25, 0.3) is 0 Å². The van der Waals surface area contributed by atoms with Crippen LogP contribution in [0.5, 0.6) is 0 Å². The van der Waals surface area contributed by atoms with Crippen molar-refractivity contribution in [1.82, 2.24) is 9.55 Å². The van der Waals surface area contributed by atoms with Gasteiger partial charge in [-0.3, -0.25) is 0 Å². The van der Waals surface area contributed by atoms with Crippen LogP contribution in [-0.4, -0.2) is 9.55 Å². The van der Waals surface area contributed by atoms with Gasteiger partial charge in [-0.1, -0.05) is 0 Å². The fourth-order valence-electron chi connectivity index (χ4n) is 2.18. The van der Waals surface area contributed by atoms with Crippen LogP contribution in [0.3, 0.4) is 0 Å². The number of nitrogens with one attached hydrogen (secondary N) is 1. The van der Waals surface area contributed by atoms with Gasteiger partial charge in [0.05, 0.1) is 6.54 Å². The molecule has 3 nitrogen and oxygen atoms in total. The first-order valence-corrected chi connectivity index (χ1v) is 6.46. The Bertz CT molecular complexity index is 477. The second-order valence-electron chi connectivity index (χ2n) is 4.23. The van der Waals surface area contributed by atoms with Gasteiger partial charge in [-0.15, -0.1) is 11.3 Å². The van der Waals surface area contributed by atoms with Crippen molar-refractivity contribution in [3.63, 3.8) is 0 Å². The van der Waals surface area contributed by atoms with E-state index in [0.717, 1.165) is 12.5 Å². The lowest BCUT2D eigenvalue weighted by Gasteiger charge is -2.03. The topological polar surface area (TPSA) is 29.9 Å². The minimum atomic E-state index is 0.891. The summed E-state index contributed by atoms with van der Waals surface area (Å²) >= 11 is 1.95. The molecule has 3 rings (SSSR count). The van der Waals surface area contributed by atoms with Crippen molar-refractivity contribution in [2.24, 2.45) is 7.05 Å². The first-order chi connectivity index (χ1) is 7.83. The molecule has 0 bridgehead atoms. The van der Waals surface area contributed by atoms with E-state index in [4.69, 9.17) is 0 Å². The minimum absolute atomic E-state index is 0.891. The number of hydrogen-bond acceptors (Lipinski definition) is 3. The molecule has 2 aromatic heterocycles. The zero-order chi connectivity index (χ0) is 11.0. The summed E-state index contributed by atoms with van der Waals surface area (Å²) in [6.07, 6.45) is 7.67. The average molecular weight is 233 g/mol. The Hall–Kier alpha value is -1.29. The number of anilines is 1. The van der Waals surface area contributed by atoms with Gasteiger partial charge in [-0.2, -0.15) is 0 Å². The Morgan fingerprint density at radius 1 is 1.50 bits per heavy atom. The summed E-state index contributed by atoms with van der Waals surface area (Å²) in [5.74, 6) is 0.938. The summed E-state index contributed by atoms with van der Waals surface area (Å²) in [7, 11) is 2.00. The molecule has 2 heterocycles. The number of imidazole rings is 1. The number of nitrogens with zero attached hydrogens (tertiary/aromatic N) is 2. The average Bonchev–Trinajstić information content (AvgIpc) is 2.89. The molecule has 0 unspecified atom stereocenters. The van der Waals surface area contributed by atoms with Gasteiger partial charge in [0.15, 0.2) is 0 Å². The molecule has 2 aromatic rings. The predicted molar refractivity (Wildman–Crippen MR) is 66.9 cm³/mol. The summed E-state index contributed by atoms with van der Waals surface area (Å²) in [6, 6.07) is 2.35. The summed E-state index contributed by atoms with van der Waals surface area (Å²) in [5, 5.41) is 3.36. The van der Waals surface area contributed by atoms with E-state index in [2.05, 4.69) is 16.4 Å². The number of fused-ring (bicyclic) bond motifs is 1. The molecule has 0 amide bonds. The van der Waals surface area contributed by atoms with Crippen molar-refractivity contribution in [1.29, 1.82) is 0 Å². The van der Waals surface area contributed by atoms with E-state index in [1.165, 1.54) is 24.1 Å². The van der Waals surface area contributed by atoms with Gasteiger partial charge in [0, 0.05) is 29.2 Å². The third-order valence-electron chi connectivity index (χ3n) is 3.04. The van der Waals surface area contributed by atoms with E-state index in [1.807, 2.05) is 35.3 Å². The van der Waals surface area contributed by atoms with Crippen LogP contribution in [0, 0.1) is 0 Å². The van der Waals surface area contributed by atoms with Crippen LogP contribution in [0.4, 0.5) is 5.95 Å². The number of hydrogen-bond donors (Lipinski definition) is 1. The van der Waals surface area contributed by atoms with Gasteiger partial charge in [0.1, 0.15) is 0 Å². The molecule has 0 saturated carbocycles. The number of thiophene rings is 1. The quantitative estimate of drug-likeness (QED) is 0.883. The van der Waals surface area contributed by atoms with Crippen LogP contribution < -0.4 is 5.32 Å². The predicted octanol–water partition coefficient (Wildman–Crippen LogP) is 2.58. The molecule has 0 spiro atoms. The normalized spacial score (nSPS) is 14.1. The van der Waals surface area contributed by atoms with Gasteiger partial charge < -0.3 is 9.88 Å². The van der Waals surface area contributed by atoms with Crippen molar-refractivity contribution < 1.29 is 0 Å². The second kappa shape index (κ2) is 3.94. The zero-order valence-electron chi connectivity index (χ0n) is 9.36. The Morgan fingerprint density at radius 3 is 3.19 bits per heavy atom. The van der Waals surface area contributed by atoms with E-state index in [9.17, 15) is 0 Å². The Morgan fingerprint density at radius 2 is 2.44 bits per heavy atom. The number of rotatable bonds is 3. The summed E-state index contributed by atoms with van der Waals surface area (Å²) in [5.41, 5.74) is 1.57. The fraction of sp³-hybridized carbons (Fsp3) is 0.417. The minimum Gasteiger partial charge on any atom is -0.351 e. The molecule has 1 aliphatic rings. The van der Waals surface area contributed by atoms with E-state index in [1.54, 1.807) is 10.4 Å². The standard InChI is InChI=1S/C12H15N3S/c1-15-6-5-13-12(15)14-8-10-7-9-3-2-4-11(9)16-10/h5-7H,2-4,8H2,1H3,(H,13,14). The number of aromatic nitrogens is 2. The highest BCUT2D eigenvalue weighted by molar-refractivity contribution is 7.12. The molecule has 0 aromatic carbocycles. The van der Waals surface area contributed by atoms with Gasteiger partial charge in [0.2, 0.25) is 5.95 Å². The Labute approximate surface area is 99.1 Å².